The Labute approximate surface area is 211 Å². The van der Waals surface area contributed by atoms with Crippen molar-refractivity contribution in [3.05, 3.63) is 95.1 Å². The van der Waals surface area contributed by atoms with Crippen LogP contribution in [0.3, 0.4) is 0 Å². The summed E-state index contributed by atoms with van der Waals surface area (Å²) in [6, 6.07) is 11.7. The molecule has 12 heteroatoms. The minimum absolute atomic E-state index is 0.00107. The Morgan fingerprint density at radius 2 is 1.62 bits per heavy atom. The molecule has 3 aromatic rings. The fourth-order valence-electron chi connectivity index (χ4n) is 3.73. The molecule has 0 saturated carbocycles. The fourth-order valence-corrected chi connectivity index (χ4v) is 5.22. The van der Waals surface area contributed by atoms with Crippen LogP contribution in [-0.4, -0.2) is 39.3 Å². The van der Waals surface area contributed by atoms with Crippen LogP contribution >= 0.6 is 0 Å². The number of alkyl halides is 3. The summed E-state index contributed by atoms with van der Waals surface area (Å²) >= 11 is 0. The highest BCUT2D eigenvalue weighted by Gasteiger charge is 2.38. The van der Waals surface area contributed by atoms with E-state index in [1.165, 1.54) is 7.11 Å². The third-order valence-corrected chi connectivity index (χ3v) is 7.00. The molecule has 0 aromatic heterocycles. The van der Waals surface area contributed by atoms with Crippen LogP contribution in [0.5, 0.6) is 5.75 Å². The van der Waals surface area contributed by atoms with Gasteiger partial charge in [-0.25, -0.2) is 21.9 Å². The molecule has 0 aliphatic heterocycles. The van der Waals surface area contributed by atoms with Crippen molar-refractivity contribution in [2.75, 3.05) is 13.7 Å². The van der Waals surface area contributed by atoms with Gasteiger partial charge in [-0.2, -0.15) is 13.2 Å². The lowest BCUT2D eigenvalue weighted by Crippen LogP contribution is -2.48. The van der Waals surface area contributed by atoms with Crippen LogP contribution in [0.1, 0.15) is 16.7 Å². The zero-order valence-electron chi connectivity index (χ0n) is 19.6. The molecule has 2 atom stereocenters. The molecule has 0 spiro atoms. The van der Waals surface area contributed by atoms with Crippen LogP contribution in [0.25, 0.3) is 0 Å². The van der Waals surface area contributed by atoms with Gasteiger partial charge in [-0.1, -0.05) is 24.3 Å². The Balaban J connectivity index is 1.84. The second-order valence-electron chi connectivity index (χ2n) is 8.25. The van der Waals surface area contributed by atoms with E-state index in [9.17, 15) is 35.5 Å². The molecular formula is C25H25F5N2O4S. The molecular weight excluding hydrogens is 519 g/mol. The van der Waals surface area contributed by atoms with E-state index in [1.807, 2.05) is 0 Å². The Morgan fingerprint density at radius 1 is 0.946 bits per heavy atom. The third-order valence-electron chi connectivity index (χ3n) is 5.45. The van der Waals surface area contributed by atoms with Crippen LogP contribution < -0.4 is 14.8 Å². The molecule has 0 aliphatic carbocycles. The normalized spacial score (nSPS) is 13.8. The van der Waals surface area contributed by atoms with Crippen LogP contribution in [0.4, 0.5) is 22.0 Å². The monoisotopic (exact) mass is 544 g/mol. The van der Waals surface area contributed by atoms with Crippen molar-refractivity contribution in [2.24, 2.45) is 0 Å². The van der Waals surface area contributed by atoms with Crippen LogP contribution in [0.2, 0.25) is 0 Å². The van der Waals surface area contributed by atoms with Crippen LogP contribution in [0, 0.1) is 11.6 Å². The smallest absolute Gasteiger partial charge is 0.417 e. The van der Waals surface area contributed by atoms with Gasteiger partial charge in [0.25, 0.3) is 0 Å². The largest absolute Gasteiger partial charge is 0.497 e. The molecule has 0 aliphatic rings. The lowest BCUT2D eigenvalue weighted by Gasteiger charge is -2.25. The van der Waals surface area contributed by atoms with E-state index in [0.717, 1.165) is 35.9 Å². The van der Waals surface area contributed by atoms with E-state index >= 15 is 0 Å². The van der Waals surface area contributed by atoms with Crippen molar-refractivity contribution in [3.8, 4) is 5.75 Å². The van der Waals surface area contributed by atoms with Crippen molar-refractivity contribution >= 4 is 10.0 Å². The number of aliphatic hydroxyl groups is 1. The van der Waals surface area contributed by atoms with Crippen LogP contribution in [0.15, 0.2) is 71.6 Å². The summed E-state index contributed by atoms with van der Waals surface area (Å²) in [6.45, 7) is 0.0579. The molecule has 0 saturated heterocycles. The van der Waals surface area contributed by atoms with Gasteiger partial charge in [-0.3, -0.25) is 0 Å². The number of rotatable bonds is 11. The third kappa shape index (κ3) is 7.96. The van der Waals surface area contributed by atoms with Crippen molar-refractivity contribution in [1.29, 1.82) is 0 Å². The molecule has 3 aromatic carbocycles. The highest BCUT2D eigenvalue weighted by molar-refractivity contribution is 7.89. The summed E-state index contributed by atoms with van der Waals surface area (Å²) in [6.07, 6.45) is -6.84. The van der Waals surface area contributed by atoms with Crippen molar-refractivity contribution in [1.82, 2.24) is 10.0 Å². The van der Waals surface area contributed by atoms with E-state index in [1.54, 1.807) is 24.3 Å². The number of halogens is 5. The molecule has 6 nitrogen and oxygen atoms in total. The van der Waals surface area contributed by atoms with Gasteiger partial charge in [0.05, 0.1) is 29.7 Å². The number of sulfonamides is 1. The molecule has 37 heavy (non-hydrogen) atoms. The van der Waals surface area contributed by atoms with Crippen molar-refractivity contribution < 1.29 is 40.2 Å². The zero-order chi connectivity index (χ0) is 27.2. The summed E-state index contributed by atoms with van der Waals surface area (Å²) in [5.41, 5.74) is -0.597. The highest BCUT2D eigenvalue weighted by atomic mass is 32.2. The Bertz CT molecular complexity index is 1300. The van der Waals surface area contributed by atoms with Crippen LogP contribution in [-0.2, 0) is 29.2 Å². The number of benzene rings is 3. The number of nitrogens with one attached hydrogen (secondary N) is 2. The lowest BCUT2D eigenvalue weighted by atomic mass is 10.0. The van der Waals surface area contributed by atoms with Gasteiger partial charge in [0.15, 0.2) is 0 Å². The van der Waals surface area contributed by atoms with Gasteiger partial charge in [0.2, 0.25) is 10.0 Å². The second-order valence-corrected chi connectivity index (χ2v) is 9.94. The van der Waals surface area contributed by atoms with E-state index in [2.05, 4.69) is 10.0 Å². The van der Waals surface area contributed by atoms with Gasteiger partial charge in [0, 0.05) is 19.2 Å². The first kappa shape index (κ1) is 28.5. The SMILES string of the molecule is COc1cccc(CNCC(O)C(Cc2cc(F)cc(F)c2)NS(=O)(=O)c2ccccc2C(F)(F)F)c1. The first-order valence-corrected chi connectivity index (χ1v) is 12.5. The molecule has 3 N–H and O–H groups in total. The quantitative estimate of drug-likeness (QED) is 0.318. The topological polar surface area (TPSA) is 87.7 Å². The van der Waals surface area contributed by atoms with Gasteiger partial charge in [-0.05, 0) is 53.9 Å². The molecule has 0 bridgehead atoms. The summed E-state index contributed by atoms with van der Waals surface area (Å²) in [4.78, 5) is -1.03. The average molecular weight is 545 g/mol. The minimum Gasteiger partial charge on any atom is -0.497 e. The van der Waals surface area contributed by atoms with Gasteiger partial charge in [-0.15, -0.1) is 0 Å². The second kappa shape index (κ2) is 12.0. The van der Waals surface area contributed by atoms with Gasteiger partial charge >= 0.3 is 6.18 Å². The minimum atomic E-state index is -4.95. The van der Waals surface area contributed by atoms with Gasteiger partial charge in [0.1, 0.15) is 17.4 Å². The lowest BCUT2D eigenvalue weighted by molar-refractivity contribution is -0.139. The molecule has 0 fully saturated rings. The average Bonchev–Trinajstić information content (AvgIpc) is 2.82. The number of aliphatic hydroxyl groups excluding tert-OH is 1. The first-order valence-electron chi connectivity index (χ1n) is 11.0. The predicted octanol–water partition coefficient (Wildman–Crippen LogP) is 4.03. The molecule has 0 amide bonds. The maximum Gasteiger partial charge on any atom is 0.417 e. The van der Waals surface area contributed by atoms with E-state index in [-0.39, 0.29) is 18.7 Å². The molecule has 0 radical (unpaired) electrons. The van der Waals surface area contributed by atoms with Gasteiger partial charge < -0.3 is 15.2 Å². The van der Waals surface area contributed by atoms with Crippen molar-refractivity contribution in [2.45, 2.75) is 36.2 Å². The molecule has 3 rings (SSSR count). The number of methoxy groups -OCH3 is 1. The molecule has 2 unspecified atom stereocenters. The Hall–Kier alpha value is -3.06. The Morgan fingerprint density at radius 3 is 2.27 bits per heavy atom. The summed E-state index contributed by atoms with van der Waals surface area (Å²) in [5.74, 6) is -1.25. The number of ether oxygens (including phenoxy) is 1. The molecule has 0 heterocycles. The first-order chi connectivity index (χ1) is 17.4. The summed E-state index contributed by atoms with van der Waals surface area (Å²) in [5, 5.41) is 13.7. The number of hydrogen-bond acceptors (Lipinski definition) is 5. The zero-order valence-corrected chi connectivity index (χ0v) is 20.4. The molecule has 200 valence electrons. The van der Waals surface area contributed by atoms with E-state index in [4.69, 9.17) is 4.74 Å². The highest BCUT2D eigenvalue weighted by Crippen LogP contribution is 2.34. The maximum atomic E-state index is 13.7. The predicted molar refractivity (Wildman–Crippen MR) is 126 cm³/mol. The number of hydrogen-bond donors (Lipinski definition) is 3. The van der Waals surface area contributed by atoms with E-state index in [0.29, 0.717) is 17.9 Å². The maximum absolute atomic E-state index is 13.7. The standard InChI is InChI=1S/C25H25F5N2O4S/c1-36-20-6-4-5-16(11-20)14-31-15-23(33)22(12-17-9-18(26)13-19(27)10-17)32-37(34,35)24-8-3-2-7-21(24)25(28,29)30/h2-11,13,22-23,31-33H,12,14-15H2,1H3. The van der Waals surface area contributed by atoms with E-state index < -0.39 is 56.9 Å². The summed E-state index contributed by atoms with van der Waals surface area (Å²) < 4.78 is 101. The fraction of sp³-hybridized carbons (Fsp3) is 0.280. The Kier molecular flexibility index (Phi) is 9.24. The summed E-state index contributed by atoms with van der Waals surface area (Å²) in [7, 11) is -3.31. The van der Waals surface area contributed by atoms with Crippen molar-refractivity contribution in [3.63, 3.8) is 0 Å².